The van der Waals surface area contributed by atoms with Gasteiger partial charge in [-0.1, -0.05) is 18.2 Å². The van der Waals surface area contributed by atoms with E-state index in [0.717, 1.165) is 43.2 Å². The lowest BCUT2D eigenvalue weighted by Crippen LogP contribution is -2.39. The Morgan fingerprint density at radius 1 is 1.00 bits per heavy atom. The van der Waals surface area contributed by atoms with Crippen molar-refractivity contribution in [1.29, 1.82) is 0 Å². The molecule has 1 aliphatic heterocycles. The Morgan fingerprint density at radius 3 is 2.35 bits per heavy atom. The number of carboxylic acids is 2. The summed E-state index contributed by atoms with van der Waals surface area (Å²) in [7, 11) is 3.32. The van der Waals surface area contributed by atoms with Gasteiger partial charge in [-0.05, 0) is 37.2 Å². The van der Waals surface area contributed by atoms with Crippen LogP contribution in [0.5, 0.6) is 23.0 Å². The number of carbonyl (C=O) groups is 2. The second-order valence-electron chi connectivity index (χ2n) is 7.03. The number of fused-ring (bicyclic) bond motifs is 1. The molecule has 0 fully saturated rings. The molecule has 0 spiro atoms. The molecule has 1 atom stereocenters. The van der Waals surface area contributed by atoms with Crippen molar-refractivity contribution in [2.24, 2.45) is 0 Å². The van der Waals surface area contributed by atoms with Gasteiger partial charge in [-0.2, -0.15) is 0 Å². The van der Waals surface area contributed by atoms with Crippen molar-refractivity contribution in [3.63, 3.8) is 0 Å². The predicted octanol–water partition coefficient (Wildman–Crippen LogP) is 2.65. The maximum Gasteiger partial charge on any atom is 0.328 e. The van der Waals surface area contributed by atoms with Crippen LogP contribution in [-0.2, 0) is 9.59 Å². The van der Waals surface area contributed by atoms with Gasteiger partial charge in [0.25, 0.3) is 0 Å². The fourth-order valence-electron chi connectivity index (χ4n) is 3.00. The number of anilines is 1. The van der Waals surface area contributed by atoms with Crippen LogP contribution in [0.1, 0.15) is 6.42 Å². The molecule has 10 heteroatoms. The Morgan fingerprint density at radius 2 is 1.68 bits per heavy atom. The van der Waals surface area contributed by atoms with Crippen LogP contribution < -0.4 is 29.6 Å². The molecule has 10 nitrogen and oxygen atoms in total. The lowest BCUT2D eigenvalue weighted by molar-refractivity contribution is -0.134. The molecule has 1 heterocycles. The number of aliphatic carboxylic acids is 2. The van der Waals surface area contributed by atoms with Crippen molar-refractivity contribution in [2.45, 2.75) is 12.5 Å². The number of ether oxygens (including phenoxy) is 4. The van der Waals surface area contributed by atoms with E-state index in [1.807, 2.05) is 42.5 Å². The second-order valence-corrected chi connectivity index (χ2v) is 7.03. The average molecular weight is 475 g/mol. The molecular weight excluding hydrogens is 444 g/mol. The monoisotopic (exact) mass is 474 g/mol. The zero-order valence-corrected chi connectivity index (χ0v) is 19.2. The smallest absolute Gasteiger partial charge is 0.328 e. The molecular formula is C24H30N2O8. The SMILES string of the molecule is COc1ccccc1NCCCNCC1COc2cccc(OC)c2O1.O=C(O)C=CC(=O)O. The van der Waals surface area contributed by atoms with Gasteiger partial charge in [-0.15, -0.1) is 0 Å². The number of carboxylic acid groups (broad SMARTS) is 2. The van der Waals surface area contributed by atoms with Gasteiger partial charge in [0.2, 0.25) is 5.75 Å². The van der Waals surface area contributed by atoms with E-state index in [0.29, 0.717) is 30.3 Å². The van der Waals surface area contributed by atoms with Crippen LogP contribution in [0.25, 0.3) is 0 Å². The molecule has 0 saturated heterocycles. The Kier molecular flexibility index (Phi) is 11.1. The Hall–Kier alpha value is -3.92. The molecule has 0 bridgehead atoms. The third-order valence-corrected chi connectivity index (χ3v) is 4.57. The Bertz CT molecular complexity index is 933. The summed E-state index contributed by atoms with van der Waals surface area (Å²) in [6, 6.07) is 13.6. The van der Waals surface area contributed by atoms with Gasteiger partial charge in [-0.3, -0.25) is 0 Å². The van der Waals surface area contributed by atoms with Gasteiger partial charge >= 0.3 is 11.9 Å². The van der Waals surface area contributed by atoms with Gasteiger partial charge in [0.05, 0.1) is 19.9 Å². The normalized spacial score (nSPS) is 14.0. The standard InChI is InChI=1S/C20H26N2O4.C4H4O4/c1-23-17-8-4-3-7-16(17)22-12-6-11-21-13-15-14-25-19-10-5-9-18(24-2)20(19)26-15;5-3(6)1-2-4(7)8/h3-5,7-10,15,21-22H,6,11-14H2,1-2H3;1-2H,(H,5,6)(H,7,8). The minimum atomic E-state index is -1.26. The number of methoxy groups -OCH3 is 2. The molecule has 3 rings (SSSR count). The topological polar surface area (TPSA) is 136 Å². The predicted molar refractivity (Wildman–Crippen MR) is 126 cm³/mol. The summed E-state index contributed by atoms with van der Waals surface area (Å²) in [5.74, 6) is 0.473. The lowest BCUT2D eigenvalue weighted by Gasteiger charge is -2.27. The van der Waals surface area contributed by atoms with Crippen molar-refractivity contribution < 1.29 is 38.7 Å². The zero-order valence-electron chi connectivity index (χ0n) is 19.2. The molecule has 184 valence electrons. The van der Waals surface area contributed by atoms with Crippen LogP contribution in [0.15, 0.2) is 54.6 Å². The number of rotatable bonds is 11. The van der Waals surface area contributed by atoms with Gasteiger partial charge in [0.1, 0.15) is 18.5 Å². The Labute approximate surface area is 198 Å². The number of benzene rings is 2. The quantitative estimate of drug-likeness (QED) is 0.284. The molecule has 4 N–H and O–H groups in total. The van der Waals surface area contributed by atoms with Crippen LogP contribution >= 0.6 is 0 Å². The van der Waals surface area contributed by atoms with Gasteiger partial charge in [-0.25, -0.2) is 9.59 Å². The lowest BCUT2D eigenvalue weighted by atomic mass is 10.2. The zero-order chi connectivity index (χ0) is 24.8. The highest BCUT2D eigenvalue weighted by Crippen LogP contribution is 2.39. The van der Waals surface area contributed by atoms with Crippen LogP contribution in [0.4, 0.5) is 5.69 Å². The van der Waals surface area contributed by atoms with Crippen molar-refractivity contribution in [2.75, 3.05) is 45.8 Å². The van der Waals surface area contributed by atoms with Crippen LogP contribution in [0.3, 0.4) is 0 Å². The highest BCUT2D eigenvalue weighted by atomic mass is 16.6. The van der Waals surface area contributed by atoms with E-state index in [1.165, 1.54) is 0 Å². The molecule has 1 unspecified atom stereocenters. The average Bonchev–Trinajstić information content (AvgIpc) is 2.85. The van der Waals surface area contributed by atoms with E-state index in [-0.39, 0.29) is 6.10 Å². The number of hydrogen-bond donors (Lipinski definition) is 4. The maximum absolute atomic E-state index is 9.55. The minimum Gasteiger partial charge on any atom is -0.495 e. The third-order valence-electron chi connectivity index (χ3n) is 4.57. The third kappa shape index (κ3) is 8.91. The molecule has 0 aliphatic carbocycles. The Balaban J connectivity index is 0.000000440. The summed E-state index contributed by atoms with van der Waals surface area (Å²) in [5, 5.41) is 22.4. The van der Waals surface area contributed by atoms with Crippen molar-refractivity contribution in [3.8, 4) is 23.0 Å². The molecule has 0 amide bonds. The first-order valence-electron chi connectivity index (χ1n) is 10.6. The minimum absolute atomic E-state index is 0.0269. The maximum atomic E-state index is 9.55. The van der Waals surface area contributed by atoms with Crippen molar-refractivity contribution in [3.05, 3.63) is 54.6 Å². The molecule has 0 aromatic heterocycles. The van der Waals surface area contributed by atoms with Gasteiger partial charge < -0.3 is 39.8 Å². The number of para-hydroxylation sites is 3. The van der Waals surface area contributed by atoms with Gasteiger partial charge in [0, 0.05) is 25.2 Å². The van der Waals surface area contributed by atoms with E-state index >= 15 is 0 Å². The molecule has 34 heavy (non-hydrogen) atoms. The second kappa shape index (κ2) is 14.3. The fourth-order valence-corrected chi connectivity index (χ4v) is 3.00. The highest BCUT2D eigenvalue weighted by molar-refractivity contribution is 5.89. The van der Waals surface area contributed by atoms with Crippen LogP contribution in [-0.4, -0.2) is 68.7 Å². The van der Waals surface area contributed by atoms with Crippen molar-refractivity contribution >= 4 is 17.6 Å². The fraction of sp³-hybridized carbons (Fsp3) is 0.333. The largest absolute Gasteiger partial charge is 0.495 e. The van der Waals surface area contributed by atoms with E-state index in [4.69, 9.17) is 29.2 Å². The van der Waals surface area contributed by atoms with Crippen LogP contribution in [0.2, 0.25) is 0 Å². The summed E-state index contributed by atoms with van der Waals surface area (Å²) in [4.78, 5) is 19.1. The van der Waals surface area contributed by atoms with E-state index in [2.05, 4.69) is 10.6 Å². The first kappa shape index (κ1) is 26.3. The molecule has 2 aromatic rings. The molecule has 0 radical (unpaired) electrons. The van der Waals surface area contributed by atoms with E-state index in [9.17, 15) is 9.59 Å². The van der Waals surface area contributed by atoms with E-state index in [1.54, 1.807) is 14.2 Å². The summed E-state index contributed by atoms with van der Waals surface area (Å²) >= 11 is 0. The molecule has 2 aromatic carbocycles. The van der Waals surface area contributed by atoms with E-state index < -0.39 is 11.9 Å². The first-order chi connectivity index (χ1) is 16.4. The molecule has 1 aliphatic rings. The first-order valence-corrected chi connectivity index (χ1v) is 10.6. The summed E-state index contributed by atoms with van der Waals surface area (Å²) in [6.07, 6.45) is 2.08. The van der Waals surface area contributed by atoms with Crippen LogP contribution in [0, 0.1) is 0 Å². The summed E-state index contributed by atoms with van der Waals surface area (Å²) in [5.41, 5.74) is 1.02. The van der Waals surface area contributed by atoms with Gasteiger partial charge in [0.15, 0.2) is 11.5 Å². The van der Waals surface area contributed by atoms with Crippen molar-refractivity contribution in [1.82, 2.24) is 5.32 Å². The highest BCUT2D eigenvalue weighted by Gasteiger charge is 2.23. The summed E-state index contributed by atoms with van der Waals surface area (Å²) in [6.45, 7) is 3.02. The molecule has 0 saturated carbocycles. The number of nitrogens with one attached hydrogen (secondary N) is 2. The number of hydrogen-bond acceptors (Lipinski definition) is 8. The summed E-state index contributed by atoms with van der Waals surface area (Å²) < 4.78 is 22.5.